The van der Waals surface area contributed by atoms with Crippen LogP contribution in [-0.4, -0.2) is 30.0 Å². The van der Waals surface area contributed by atoms with E-state index in [0.29, 0.717) is 11.5 Å². The first-order valence-electron chi connectivity index (χ1n) is 6.57. The van der Waals surface area contributed by atoms with Crippen molar-refractivity contribution < 1.29 is 4.79 Å². The number of amides is 1. The van der Waals surface area contributed by atoms with Gasteiger partial charge in [0, 0.05) is 37.1 Å². The summed E-state index contributed by atoms with van der Waals surface area (Å²) in [6.07, 6.45) is 1.78. The SMILES string of the molecule is Cc1cc(C(N)=O)ccc1Nc1ncc(C)c(N(C)C)n1. The van der Waals surface area contributed by atoms with Crippen molar-refractivity contribution in [2.75, 3.05) is 24.3 Å². The molecule has 2 rings (SSSR count). The Labute approximate surface area is 124 Å². The fraction of sp³-hybridized carbons (Fsp3) is 0.267. The van der Waals surface area contributed by atoms with Gasteiger partial charge < -0.3 is 16.0 Å². The molecule has 6 nitrogen and oxygen atoms in total. The largest absolute Gasteiger partial charge is 0.366 e. The highest BCUT2D eigenvalue weighted by Crippen LogP contribution is 2.22. The summed E-state index contributed by atoms with van der Waals surface area (Å²) >= 11 is 0. The molecule has 3 N–H and O–H groups in total. The lowest BCUT2D eigenvalue weighted by atomic mass is 10.1. The summed E-state index contributed by atoms with van der Waals surface area (Å²) < 4.78 is 0. The number of rotatable bonds is 4. The zero-order valence-corrected chi connectivity index (χ0v) is 12.6. The van der Waals surface area contributed by atoms with Crippen molar-refractivity contribution in [3.05, 3.63) is 41.1 Å². The van der Waals surface area contributed by atoms with Crippen LogP contribution in [0.15, 0.2) is 24.4 Å². The topological polar surface area (TPSA) is 84.1 Å². The Kier molecular flexibility index (Phi) is 4.07. The van der Waals surface area contributed by atoms with Gasteiger partial charge in [0.25, 0.3) is 0 Å². The third-order valence-electron chi connectivity index (χ3n) is 3.13. The third-order valence-corrected chi connectivity index (χ3v) is 3.13. The van der Waals surface area contributed by atoms with Crippen molar-refractivity contribution in [3.8, 4) is 0 Å². The van der Waals surface area contributed by atoms with Gasteiger partial charge >= 0.3 is 0 Å². The van der Waals surface area contributed by atoms with E-state index in [2.05, 4.69) is 15.3 Å². The van der Waals surface area contributed by atoms with Crippen LogP contribution in [0.4, 0.5) is 17.5 Å². The molecule has 1 heterocycles. The summed E-state index contributed by atoms with van der Waals surface area (Å²) in [5, 5.41) is 3.16. The number of hydrogen-bond acceptors (Lipinski definition) is 5. The molecule has 0 atom stereocenters. The van der Waals surface area contributed by atoms with Crippen LogP contribution in [0.2, 0.25) is 0 Å². The maximum absolute atomic E-state index is 11.2. The molecule has 1 amide bonds. The number of aromatic nitrogens is 2. The zero-order valence-electron chi connectivity index (χ0n) is 12.6. The molecule has 0 unspecified atom stereocenters. The van der Waals surface area contributed by atoms with Crippen LogP contribution in [-0.2, 0) is 0 Å². The Morgan fingerprint density at radius 1 is 1.24 bits per heavy atom. The van der Waals surface area contributed by atoms with Crippen molar-refractivity contribution in [1.82, 2.24) is 9.97 Å². The highest BCUT2D eigenvalue weighted by molar-refractivity contribution is 5.93. The number of hydrogen-bond donors (Lipinski definition) is 2. The van der Waals surface area contributed by atoms with Crippen molar-refractivity contribution >= 4 is 23.4 Å². The van der Waals surface area contributed by atoms with E-state index < -0.39 is 5.91 Å². The highest BCUT2D eigenvalue weighted by Gasteiger charge is 2.08. The van der Waals surface area contributed by atoms with E-state index in [1.165, 1.54) is 0 Å². The van der Waals surface area contributed by atoms with Gasteiger partial charge in [-0.15, -0.1) is 0 Å². The predicted octanol–water partition coefficient (Wildman–Crippen LogP) is 2.00. The van der Waals surface area contributed by atoms with E-state index in [1.54, 1.807) is 24.4 Å². The molecule has 0 aliphatic carbocycles. The highest BCUT2D eigenvalue weighted by atomic mass is 16.1. The van der Waals surface area contributed by atoms with Crippen LogP contribution >= 0.6 is 0 Å². The number of benzene rings is 1. The molecule has 0 spiro atoms. The van der Waals surface area contributed by atoms with Crippen LogP contribution in [0.1, 0.15) is 21.5 Å². The molecule has 0 bridgehead atoms. The number of nitrogens with one attached hydrogen (secondary N) is 1. The molecule has 0 aliphatic rings. The molecule has 0 saturated carbocycles. The molecule has 2 aromatic rings. The molecule has 0 saturated heterocycles. The number of nitrogens with two attached hydrogens (primary N) is 1. The molecule has 0 aliphatic heterocycles. The Morgan fingerprint density at radius 2 is 1.95 bits per heavy atom. The summed E-state index contributed by atoms with van der Waals surface area (Å²) in [6, 6.07) is 5.22. The lowest BCUT2D eigenvalue weighted by molar-refractivity contribution is 0.1000. The Hall–Kier alpha value is -2.63. The summed E-state index contributed by atoms with van der Waals surface area (Å²) in [4.78, 5) is 21.8. The Bertz CT molecular complexity index is 682. The van der Waals surface area contributed by atoms with Gasteiger partial charge in [0.2, 0.25) is 11.9 Å². The molecule has 110 valence electrons. The molecular formula is C15H19N5O. The van der Waals surface area contributed by atoms with Crippen LogP contribution in [0.3, 0.4) is 0 Å². The van der Waals surface area contributed by atoms with Crippen LogP contribution in [0, 0.1) is 13.8 Å². The molecule has 0 radical (unpaired) electrons. The van der Waals surface area contributed by atoms with Crippen molar-refractivity contribution in [3.63, 3.8) is 0 Å². The Balaban J connectivity index is 2.30. The van der Waals surface area contributed by atoms with Gasteiger partial charge in [-0.1, -0.05) is 0 Å². The van der Waals surface area contributed by atoms with Gasteiger partial charge in [-0.25, -0.2) is 4.98 Å². The number of aryl methyl sites for hydroxylation is 2. The minimum atomic E-state index is -0.439. The summed E-state index contributed by atoms with van der Waals surface area (Å²) in [7, 11) is 3.87. The second kappa shape index (κ2) is 5.78. The van der Waals surface area contributed by atoms with E-state index in [9.17, 15) is 4.79 Å². The minimum Gasteiger partial charge on any atom is -0.366 e. The summed E-state index contributed by atoms with van der Waals surface area (Å²) in [5.74, 6) is 0.935. The van der Waals surface area contributed by atoms with E-state index in [0.717, 1.165) is 22.6 Å². The molecule has 1 aromatic heterocycles. The molecule has 21 heavy (non-hydrogen) atoms. The number of primary amides is 1. The monoisotopic (exact) mass is 285 g/mol. The first-order valence-corrected chi connectivity index (χ1v) is 6.57. The Morgan fingerprint density at radius 3 is 2.52 bits per heavy atom. The van der Waals surface area contributed by atoms with E-state index in [-0.39, 0.29) is 0 Å². The van der Waals surface area contributed by atoms with Crippen LogP contribution < -0.4 is 16.0 Å². The summed E-state index contributed by atoms with van der Waals surface area (Å²) in [5.41, 5.74) is 8.50. The maximum atomic E-state index is 11.2. The van der Waals surface area contributed by atoms with Gasteiger partial charge in [-0.3, -0.25) is 4.79 Å². The average molecular weight is 285 g/mol. The van der Waals surface area contributed by atoms with Crippen LogP contribution in [0.5, 0.6) is 0 Å². The van der Waals surface area contributed by atoms with Gasteiger partial charge in [-0.2, -0.15) is 4.98 Å². The lowest BCUT2D eigenvalue weighted by Crippen LogP contribution is -2.14. The van der Waals surface area contributed by atoms with Gasteiger partial charge in [0.1, 0.15) is 5.82 Å². The standard InChI is InChI=1S/C15H19N5O/c1-9-7-11(13(16)21)5-6-12(9)18-15-17-8-10(2)14(19-15)20(3)4/h5-8H,1-4H3,(H2,16,21)(H,17,18,19). The predicted molar refractivity (Wildman–Crippen MR) is 84.1 cm³/mol. The number of carbonyl (C=O) groups is 1. The maximum Gasteiger partial charge on any atom is 0.248 e. The number of anilines is 3. The van der Waals surface area contributed by atoms with Gasteiger partial charge in [0.15, 0.2) is 0 Å². The number of nitrogens with zero attached hydrogens (tertiary/aromatic N) is 3. The third kappa shape index (κ3) is 3.28. The summed E-state index contributed by atoms with van der Waals surface area (Å²) in [6.45, 7) is 3.86. The number of carbonyl (C=O) groups excluding carboxylic acids is 1. The zero-order chi connectivity index (χ0) is 15.6. The van der Waals surface area contributed by atoms with Gasteiger partial charge in [-0.05, 0) is 37.6 Å². The fourth-order valence-corrected chi connectivity index (χ4v) is 2.02. The van der Waals surface area contributed by atoms with E-state index in [4.69, 9.17) is 5.73 Å². The normalized spacial score (nSPS) is 10.3. The minimum absolute atomic E-state index is 0.439. The van der Waals surface area contributed by atoms with E-state index >= 15 is 0 Å². The van der Waals surface area contributed by atoms with Crippen LogP contribution in [0.25, 0.3) is 0 Å². The van der Waals surface area contributed by atoms with Crippen molar-refractivity contribution in [2.24, 2.45) is 5.73 Å². The van der Waals surface area contributed by atoms with Gasteiger partial charge in [0.05, 0.1) is 0 Å². The molecular weight excluding hydrogens is 266 g/mol. The van der Waals surface area contributed by atoms with E-state index in [1.807, 2.05) is 32.8 Å². The lowest BCUT2D eigenvalue weighted by Gasteiger charge is -2.16. The molecule has 6 heteroatoms. The second-order valence-corrected chi connectivity index (χ2v) is 5.11. The fourth-order valence-electron chi connectivity index (χ4n) is 2.02. The van der Waals surface area contributed by atoms with Crippen molar-refractivity contribution in [2.45, 2.75) is 13.8 Å². The molecule has 1 aromatic carbocycles. The van der Waals surface area contributed by atoms with Crippen molar-refractivity contribution in [1.29, 1.82) is 0 Å². The quantitative estimate of drug-likeness (QED) is 0.897. The first-order chi connectivity index (χ1) is 9.88. The first kappa shape index (κ1) is 14.8. The second-order valence-electron chi connectivity index (χ2n) is 5.11. The smallest absolute Gasteiger partial charge is 0.248 e. The average Bonchev–Trinajstić information content (AvgIpc) is 2.42. The molecule has 0 fully saturated rings.